The number of carboxylic acids is 1. The number of carbonyl (C=O) groups is 1. The molecule has 1 unspecified atom stereocenters. The maximum absolute atomic E-state index is 11.1. The molecule has 1 fully saturated rings. The Morgan fingerprint density at radius 3 is 2.37 bits per heavy atom. The molecule has 1 saturated carbocycles. The van der Waals surface area contributed by atoms with Crippen molar-refractivity contribution in [3.63, 3.8) is 0 Å². The van der Waals surface area contributed by atoms with Crippen LogP contribution in [0.4, 0.5) is 6.01 Å². The van der Waals surface area contributed by atoms with Crippen LogP contribution in [0.5, 0.6) is 0 Å². The van der Waals surface area contributed by atoms with Gasteiger partial charge in [-0.1, -0.05) is 60.7 Å². The molecule has 0 amide bonds. The minimum atomic E-state index is -0.769. The number of hydrazone groups is 1. The lowest BCUT2D eigenvalue weighted by Gasteiger charge is -2.00. The number of hydrogen-bond donors (Lipinski definition) is 2. The molecule has 0 radical (unpaired) electrons. The fourth-order valence-electron chi connectivity index (χ4n) is 3.21. The third-order valence-electron chi connectivity index (χ3n) is 4.63. The van der Waals surface area contributed by atoms with Gasteiger partial charge in [-0.15, -0.1) is 0 Å². The Morgan fingerprint density at radius 2 is 1.74 bits per heavy atom. The van der Waals surface area contributed by atoms with E-state index in [2.05, 4.69) is 15.5 Å². The van der Waals surface area contributed by atoms with E-state index in [1.165, 1.54) is 0 Å². The lowest BCUT2D eigenvalue weighted by molar-refractivity contribution is -0.141. The largest absolute Gasteiger partial charge is 0.481 e. The second kappa shape index (κ2) is 7.45. The van der Waals surface area contributed by atoms with E-state index in [4.69, 9.17) is 9.52 Å². The van der Waals surface area contributed by atoms with Crippen molar-refractivity contribution in [1.29, 1.82) is 0 Å². The first-order chi connectivity index (χ1) is 13.2. The number of hydrogen-bond acceptors (Lipinski definition) is 5. The molecule has 2 N–H and O–H groups in total. The summed E-state index contributed by atoms with van der Waals surface area (Å²) < 4.78 is 5.94. The predicted molar refractivity (Wildman–Crippen MR) is 103 cm³/mol. The van der Waals surface area contributed by atoms with Crippen molar-refractivity contribution in [2.24, 2.45) is 11.0 Å². The number of carboxylic acid groups (broad SMARTS) is 1. The SMILES string of the molecule is O=C(O)C1CC/C(=N\Nc2nc(-c3ccccc3)c(-c3ccccc3)o2)C1. The third-order valence-corrected chi connectivity index (χ3v) is 4.63. The minimum Gasteiger partial charge on any atom is -0.481 e. The third kappa shape index (κ3) is 3.74. The van der Waals surface area contributed by atoms with Gasteiger partial charge in [0.1, 0.15) is 5.69 Å². The molecule has 1 aromatic heterocycles. The first-order valence-electron chi connectivity index (χ1n) is 8.86. The van der Waals surface area contributed by atoms with Crippen LogP contribution in [-0.2, 0) is 4.79 Å². The molecule has 3 aromatic rings. The molecule has 1 heterocycles. The first-order valence-corrected chi connectivity index (χ1v) is 8.86. The van der Waals surface area contributed by atoms with Gasteiger partial charge >= 0.3 is 12.0 Å². The molecule has 0 saturated heterocycles. The quantitative estimate of drug-likeness (QED) is 0.645. The van der Waals surface area contributed by atoms with Crippen molar-refractivity contribution in [3.8, 4) is 22.6 Å². The van der Waals surface area contributed by atoms with Crippen LogP contribution in [0, 0.1) is 5.92 Å². The summed E-state index contributed by atoms with van der Waals surface area (Å²) in [6.07, 6.45) is 1.74. The molecule has 0 aliphatic heterocycles. The summed E-state index contributed by atoms with van der Waals surface area (Å²) in [5.74, 6) is -0.455. The maximum Gasteiger partial charge on any atom is 0.316 e. The predicted octanol–water partition coefficient (Wildman–Crippen LogP) is 4.66. The molecule has 1 aliphatic carbocycles. The summed E-state index contributed by atoms with van der Waals surface area (Å²) in [4.78, 5) is 15.6. The van der Waals surface area contributed by atoms with E-state index in [-0.39, 0.29) is 5.92 Å². The summed E-state index contributed by atoms with van der Waals surface area (Å²) in [6, 6.07) is 19.9. The van der Waals surface area contributed by atoms with Crippen molar-refractivity contribution in [3.05, 3.63) is 60.7 Å². The normalized spacial score (nSPS) is 17.9. The lowest BCUT2D eigenvalue weighted by Crippen LogP contribution is -2.09. The fourth-order valence-corrected chi connectivity index (χ4v) is 3.21. The van der Waals surface area contributed by atoms with Gasteiger partial charge < -0.3 is 9.52 Å². The van der Waals surface area contributed by atoms with Gasteiger partial charge in [-0.25, -0.2) is 5.43 Å². The summed E-state index contributed by atoms with van der Waals surface area (Å²) in [6.45, 7) is 0. The van der Waals surface area contributed by atoms with Crippen LogP contribution in [0.2, 0.25) is 0 Å². The van der Waals surface area contributed by atoms with Crippen LogP contribution in [-0.4, -0.2) is 21.8 Å². The van der Waals surface area contributed by atoms with Crippen LogP contribution in [0.15, 0.2) is 70.2 Å². The zero-order valence-corrected chi connectivity index (χ0v) is 14.6. The highest BCUT2D eigenvalue weighted by atomic mass is 16.4. The van der Waals surface area contributed by atoms with Crippen LogP contribution < -0.4 is 5.43 Å². The van der Waals surface area contributed by atoms with Crippen molar-refractivity contribution < 1.29 is 14.3 Å². The number of benzene rings is 2. The highest BCUT2D eigenvalue weighted by Gasteiger charge is 2.27. The van der Waals surface area contributed by atoms with Crippen molar-refractivity contribution >= 4 is 17.7 Å². The Hall–Kier alpha value is -3.41. The number of anilines is 1. The van der Waals surface area contributed by atoms with E-state index in [9.17, 15) is 4.79 Å². The van der Waals surface area contributed by atoms with E-state index in [0.29, 0.717) is 31.0 Å². The van der Waals surface area contributed by atoms with Gasteiger partial charge in [0.05, 0.1) is 5.92 Å². The molecule has 2 aromatic carbocycles. The number of rotatable bonds is 5. The van der Waals surface area contributed by atoms with E-state index >= 15 is 0 Å². The van der Waals surface area contributed by atoms with E-state index in [1.54, 1.807) is 0 Å². The van der Waals surface area contributed by atoms with Gasteiger partial charge in [0.25, 0.3) is 0 Å². The van der Waals surface area contributed by atoms with Gasteiger partial charge in [-0.05, 0) is 12.8 Å². The number of aromatic nitrogens is 1. The van der Waals surface area contributed by atoms with Crippen molar-refractivity contribution in [2.45, 2.75) is 19.3 Å². The van der Waals surface area contributed by atoms with Crippen LogP contribution in [0.25, 0.3) is 22.6 Å². The second-order valence-corrected chi connectivity index (χ2v) is 6.50. The lowest BCUT2D eigenvalue weighted by atomic mass is 10.1. The molecular weight excluding hydrogens is 342 g/mol. The second-order valence-electron chi connectivity index (χ2n) is 6.50. The standard InChI is InChI=1S/C21H19N3O3/c25-20(26)16-11-12-17(13-16)23-24-21-22-18(14-7-3-1-4-8-14)19(27-21)15-9-5-2-6-10-15/h1-10,16H,11-13H2,(H,22,24)(H,25,26)/b23-17+. The average molecular weight is 361 g/mol. The monoisotopic (exact) mass is 361 g/mol. The Bertz CT molecular complexity index is 908. The van der Waals surface area contributed by atoms with E-state index in [1.807, 2.05) is 60.7 Å². The molecule has 27 heavy (non-hydrogen) atoms. The highest BCUT2D eigenvalue weighted by molar-refractivity contribution is 5.91. The van der Waals surface area contributed by atoms with Gasteiger partial charge in [0, 0.05) is 23.3 Å². The highest BCUT2D eigenvalue weighted by Crippen LogP contribution is 2.34. The average Bonchev–Trinajstić information content (AvgIpc) is 3.35. The summed E-state index contributed by atoms with van der Waals surface area (Å²) in [5, 5.41) is 13.4. The Labute approximate surface area is 156 Å². The molecule has 136 valence electrons. The number of oxazole rings is 1. The van der Waals surface area contributed by atoms with Gasteiger partial charge in [-0.3, -0.25) is 4.79 Å². The molecule has 1 aliphatic rings. The smallest absolute Gasteiger partial charge is 0.316 e. The van der Waals surface area contributed by atoms with Crippen LogP contribution in [0.3, 0.4) is 0 Å². The molecule has 0 spiro atoms. The molecule has 6 heteroatoms. The van der Waals surface area contributed by atoms with Gasteiger partial charge in [0.2, 0.25) is 0 Å². The van der Waals surface area contributed by atoms with Gasteiger partial charge in [0.15, 0.2) is 5.76 Å². The van der Waals surface area contributed by atoms with Crippen molar-refractivity contribution in [2.75, 3.05) is 5.43 Å². The Balaban J connectivity index is 1.63. The molecule has 6 nitrogen and oxygen atoms in total. The molecule has 1 atom stereocenters. The molecular formula is C21H19N3O3. The van der Waals surface area contributed by atoms with E-state index in [0.717, 1.165) is 22.5 Å². The molecule has 4 rings (SSSR count). The van der Waals surface area contributed by atoms with Crippen LogP contribution >= 0.6 is 0 Å². The van der Waals surface area contributed by atoms with Gasteiger partial charge in [-0.2, -0.15) is 10.1 Å². The fraction of sp³-hybridized carbons (Fsp3) is 0.190. The van der Waals surface area contributed by atoms with Crippen LogP contribution in [0.1, 0.15) is 19.3 Å². The summed E-state index contributed by atoms with van der Waals surface area (Å²) in [5.41, 5.74) is 6.30. The van der Waals surface area contributed by atoms with Crippen molar-refractivity contribution in [1.82, 2.24) is 4.98 Å². The molecule has 0 bridgehead atoms. The number of nitrogens with zero attached hydrogens (tertiary/aromatic N) is 2. The zero-order valence-electron chi connectivity index (χ0n) is 14.6. The minimum absolute atomic E-state index is 0.291. The Morgan fingerprint density at radius 1 is 1.07 bits per heavy atom. The number of aliphatic carboxylic acids is 1. The zero-order chi connectivity index (χ0) is 18.6. The topological polar surface area (TPSA) is 87.7 Å². The maximum atomic E-state index is 11.1. The summed E-state index contributed by atoms with van der Waals surface area (Å²) in [7, 11) is 0. The Kier molecular flexibility index (Phi) is 4.70. The van der Waals surface area contributed by atoms with E-state index < -0.39 is 5.97 Å². The number of nitrogens with one attached hydrogen (secondary N) is 1. The summed E-state index contributed by atoms with van der Waals surface area (Å²) >= 11 is 0. The first kappa shape index (κ1) is 17.0.